The minimum absolute atomic E-state index is 0.0232. The van der Waals surface area contributed by atoms with Crippen LogP contribution in [0.3, 0.4) is 0 Å². The topological polar surface area (TPSA) is 109 Å². The van der Waals surface area contributed by atoms with Crippen LogP contribution in [0.2, 0.25) is 0 Å². The highest BCUT2D eigenvalue weighted by molar-refractivity contribution is 7.22. The molecule has 0 aliphatic carbocycles. The van der Waals surface area contributed by atoms with Crippen molar-refractivity contribution in [3.63, 3.8) is 0 Å². The summed E-state index contributed by atoms with van der Waals surface area (Å²) in [4.78, 5) is 47.4. The first-order valence-corrected chi connectivity index (χ1v) is 10.4. The van der Waals surface area contributed by atoms with E-state index in [2.05, 4.69) is 25.5 Å². The first kappa shape index (κ1) is 20.2. The number of carbonyl (C=O) groups excluding carboxylic acids is 2. The molecule has 2 aromatic heterocycles. The maximum Gasteiger partial charge on any atom is 0.273 e. The maximum atomic E-state index is 12.7. The van der Waals surface area contributed by atoms with Gasteiger partial charge in [-0.3, -0.25) is 19.0 Å². The molecule has 1 aliphatic heterocycles. The van der Waals surface area contributed by atoms with E-state index in [1.807, 2.05) is 13.8 Å². The molecule has 2 N–H and O–H groups in total. The van der Waals surface area contributed by atoms with Gasteiger partial charge in [0.1, 0.15) is 17.6 Å². The minimum Gasteiger partial charge on any atom is -0.359 e. The molecule has 10 heteroatoms. The highest BCUT2D eigenvalue weighted by atomic mass is 32.1. The molecule has 0 saturated carbocycles. The van der Waals surface area contributed by atoms with Crippen LogP contribution < -0.4 is 21.1 Å². The predicted octanol–water partition coefficient (Wildman–Crippen LogP) is 0.730. The number of piperidine rings is 1. The largest absolute Gasteiger partial charge is 0.359 e. The molecule has 1 saturated heterocycles. The third kappa shape index (κ3) is 4.32. The van der Waals surface area contributed by atoms with E-state index < -0.39 is 0 Å². The number of hydrogen-bond donors (Lipinski definition) is 2. The first-order valence-electron chi connectivity index (χ1n) is 9.54. The number of nitrogens with one attached hydrogen (secondary N) is 2. The zero-order valence-electron chi connectivity index (χ0n) is 16.4. The van der Waals surface area contributed by atoms with Crippen molar-refractivity contribution in [1.82, 2.24) is 25.2 Å². The lowest BCUT2D eigenvalue weighted by Crippen LogP contribution is -2.39. The highest BCUT2D eigenvalue weighted by Crippen LogP contribution is 2.29. The molecule has 2 aromatic rings. The Morgan fingerprint density at radius 3 is 2.71 bits per heavy atom. The number of rotatable bonds is 6. The van der Waals surface area contributed by atoms with E-state index in [0.29, 0.717) is 23.4 Å². The summed E-state index contributed by atoms with van der Waals surface area (Å²) in [5, 5.41) is 6.28. The summed E-state index contributed by atoms with van der Waals surface area (Å²) in [6, 6.07) is 0.0626. The van der Waals surface area contributed by atoms with Gasteiger partial charge in [0.15, 0.2) is 10.8 Å². The number of aromatic nitrogens is 3. The van der Waals surface area contributed by atoms with Gasteiger partial charge in [0.05, 0.1) is 0 Å². The molecule has 0 bridgehead atoms. The molecule has 0 unspecified atom stereocenters. The Kier molecular flexibility index (Phi) is 6.28. The van der Waals surface area contributed by atoms with E-state index in [1.165, 1.54) is 22.2 Å². The zero-order chi connectivity index (χ0) is 20.3. The number of amides is 2. The Hall–Kier alpha value is -2.49. The second-order valence-corrected chi connectivity index (χ2v) is 8.06. The fraction of sp³-hybridized carbons (Fsp3) is 0.611. The summed E-state index contributed by atoms with van der Waals surface area (Å²) in [6.07, 6.45) is 3.71. The quantitative estimate of drug-likeness (QED) is 0.732. The standard InChI is InChI=1S/C18H26N6O3S/c1-4-11(2)21-13(25)9-24-10-20-15-14(17(24)27)28-18(22-15)23-7-5-12(6-8-23)16(26)19-3/h10-12H,4-9H2,1-3H3,(H,19,26)(H,21,25)/t11-/m0/s1. The molecule has 1 fully saturated rings. The predicted molar refractivity (Wildman–Crippen MR) is 109 cm³/mol. The Morgan fingerprint density at radius 1 is 1.36 bits per heavy atom. The number of anilines is 1. The Balaban J connectivity index is 1.74. The lowest BCUT2D eigenvalue weighted by molar-refractivity contribution is -0.125. The van der Waals surface area contributed by atoms with Crippen molar-refractivity contribution in [1.29, 1.82) is 0 Å². The van der Waals surface area contributed by atoms with Gasteiger partial charge in [-0.25, -0.2) is 4.98 Å². The molecule has 9 nitrogen and oxygen atoms in total. The molecule has 2 amide bonds. The summed E-state index contributed by atoms with van der Waals surface area (Å²) < 4.78 is 1.77. The zero-order valence-corrected chi connectivity index (χ0v) is 17.2. The number of thiazole rings is 1. The number of hydrogen-bond acceptors (Lipinski definition) is 7. The molecule has 3 heterocycles. The van der Waals surface area contributed by atoms with Crippen LogP contribution in [-0.2, 0) is 16.1 Å². The van der Waals surface area contributed by atoms with E-state index in [-0.39, 0.29) is 35.9 Å². The summed E-state index contributed by atoms with van der Waals surface area (Å²) in [6.45, 7) is 5.27. The normalized spacial score (nSPS) is 16.2. The Morgan fingerprint density at radius 2 is 2.07 bits per heavy atom. The van der Waals surface area contributed by atoms with Gasteiger partial charge < -0.3 is 15.5 Å². The Bertz CT molecular complexity index is 916. The summed E-state index contributed by atoms with van der Waals surface area (Å²) in [5.74, 6) is -0.113. The van der Waals surface area contributed by atoms with Crippen LogP contribution in [0, 0.1) is 5.92 Å². The molecule has 0 aromatic carbocycles. The molecular weight excluding hydrogens is 380 g/mol. The van der Waals surface area contributed by atoms with Crippen LogP contribution >= 0.6 is 11.3 Å². The van der Waals surface area contributed by atoms with E-state index in [4.69, 9.17) is 0 Å². The molecule has 28 heavy (non-hydrogen) atoms. The van der Waals surface area contributed by atoms with Crippen LogP contribution in [0.4, 0.5) is 5.13 Å². The van der Waals surface area contributed by atoms with Crippen LogP contribution in [0.15, 0.2) is 11.1 Å². The van der Waals surface area contributed by atoms with Crippen molar-refractivity contribution in [3.8, 4) is 0 Å². The second-order valence-electron chi connectivity index (χ2n) is 7.08. The lowest BCUT2D eigenvalue weighted by Gasteiger charge is -2.30. The molecule has 1 aliphatic rings. The van der Waals surface area contributed by atoms with Crippen molar-refractivity contribution < 1.29 is 9.59 Å². The van der Waals surface area contributed by atoms with E-state index in [0.717, 1.165) is 24.4 Å². The first-order chi connectivity index (χ1) is 13.4. The minimum atomic E-state index is -0.256. The average molecular weight is 407 g/mol. The molecule has 1 atom stereocenters. The third-order valence-electron chi connectivity index (χ3n) is 5.09. The second kappa shape index (κ2) is 8.68. The number of carbonyl (C=O) groups is 2. The summed E-state index contributed by atoms with van der Waals surface area (Å²) in [5.41, 5.74) is 0.144. The van der Waals surface area contributed by atoms with Gasteiger partial charge in [-0.05, 0) is 26.2 Å². The van der Waals surface area contributed by atoms with E-state index in [9.17, 15) is 14.4 Å². The van der Waals surface area contributed by atoms with Crippen molar-refractivity contribution in [2.75, 3.05) is 25.0 Å². The van der Waals surface area contributed by atoms with E-state index >= 15 is 0 Å². The smallest absolute Gasteiger partial charge is 0.273 e. The van der Waals surface area contributed by atoms with Gasteiger partial charge >= 0.3 is 0 Å². The molecule has 152 valence electrons. The van der Waals surface area contributed by atoms with Gasteiger partial charge in [-0.15, -0.1) is 0 Å². The SMILES string of the molecule is CC[C@H](C)NC(=O)Cn1cnc2nc(N3CCC(C(=O)NC)CC3)sc2c1=O. The van der Waals surface area contributed by atoms with Gasteiger partial charge in [0.25, 0.3) is 5.56 Å². The molecule has 0 radical (unpaired) electrons. The summed E-state index contributed by atoms with van der Waals surface area (Å²) >= 11 is 1.29. The van der Waals surface area contributed by atoms with Crippen molar-refractivity contribution >= 4 is 38.6 Å². The number of fused-ring (bicyclic) bond motifs is 1. The van der Waals surface area contributed by atoms with Crippen LogP contribution in [-0.4, -0.2) is 52.5 Å². The average Bonchev–Trinajstić information content (AvgIpc) is 3.14. The maximum absolute atomic E-state index is 12.7. The van der Waals surface area contributed by atoms with E-state index in [1.54, 1.807) is 7.05 Å². The molecule has 0 spiro atoms. The van der Waals surface area contributed by atoms with Crippen LogP contribution in [0.25, 0.3) is 10.3 Å². The van der Waals surface area contributed by atoms with Gasteiger partial charge in [-0.2, -0.15) is 4.98 Å². The molecular formula is C18H26N6O3S. The van der Waals surface area contributed by atoms with Gasteiger partial charge in [-0.1, -0.05) is 18.3 Å². The third-order valence-corrected chi connectivity index (χ3v) is 6.18. The van der Waals surface area contributed by atoms with Crippen LogP contribution in [0.1, 0.15) is 33.1 Å². The lowest BCUT2D eigenvalue weighted by atomic mass is 9.96. The van der Waals surface area contributed by atoms with Crippen molar-refractivity contribution in [3.05, 3.63) is 16.7 Å². The van der Waals surface area contributed by atoms with Crippen LogP contribution in [0.5, 0.6) is 0 Å². The summed E-state index contributed by atoms with van der Waals surface area (Å²) in [7, 11) is 1.65. The molecule has 3 rings (SSSR count). The number of nitrogens with zero attached hydrogens (tertiary/aromatic N) is 4. The Labute approximate surface area is 167 Å². The van der Waals surface area contributed by atoms with Gasteiger partial charge in [0.2, 0.25) is 11.8 Å². The van der Waals surface area contributed by atoms with Gasteiger partial charge in [0, 0.05) is 32.1 Å². The fourth-order valence-corrected chi connectivity index (χ4v) is 4.22. The monoisotopic (exact) mass is 406 g/mol. The van der Waals surface area contributed by atoms with Crippen molar-refractivity contribution in [2.24, 2.45) is 5.92 Å². The highest BCUT2D eigenvalue weighted by Gasteiger charge is 2.26. The fourth-order valence-electron chi connectivity index (χ4n) is 3.20. The van der Waals surface area contributed by atoms with Crippen molar-refractivity contribution in [2.45, 2.75) is 45.7 Å².